The Morgan fingerprint density at radius 2 is 1.81 bits per heavy atom. The maximum absolute atomic E-state index is 12.5. The van der Waals surface area contributed by atoms with Gasteiger partial charge < -0.3 is 15.1 Å². The van der Waals surface area contributed by atoms with Crippen LogP contribution in [-0.4, -0.2) is 58.8 Å². The summed E-state index contributed by atoms with van der Waals surface area (Å²) in [5.41, 5.74) is 5.54. The van der Waals surface area contributed by atoms with Crippen molar-refractivity contribution >= 4 is 29.0 Å². The van der Waals surface area contributed by atoms with Crippen molar-refractivity contribution in [2.75, 3.05) is 48.7 Å². The zero-order chi connectivity index (χ0) is 22.5. The molecule has 0 bridgehead atoms. The number of piperazine rings is 1. The molecule has 2 aromatic carbocycles. The molecule has 1 amide bonds. The number of thioether (sulfide) groups is 1. The van der Waals surface area contributed by atoms with Crippen LogP contribution in [0.5, 0.6) is 0 Å². The third kappa shape index (κ3) is 5.34. The van der Waals surface area contributed by atoms with Gasteiger partial charge in [-0.05, 0) is 56.3 Å². The standard InChI is InChI=1S/C25H31N5OS/c1-4-28-13-15-29(16-14-28)22-8-6-21(7-9-22)27-24(31)18-32-25-26-11-12-30(25)23-10-5-19(2)17-20(23)3/h5-12,17H,4,13-16,18H2,1-3H3,(H,27,31). The molecule has 0 aliphatic carbocycles. The number of imidazole rings is 1. The molecule has 0 atom stereocenters. The minimum Gasteiger partial charge on any atom is -0.369 e. The summed E-state index contributed by atoms with van der Waals surface area (Å²) in [6, 6.07) is 14.5. The molecule has 4 rings (SSSR count). The second-order valence-corrected chi connectivity index (χ2v) is 9.12. The second kappa shape index (κ2) is 10.2. The van der Waals surface area contributed by atoms with Gasteiger partial charge in [-0.25, -0.2) is 4.98 Å². The molecule has 6 nitrogen and oxygen atoms in total. The van der Waals surface area contributed by atoms with E-state index in [9.17, 15) is 4.79 Å². The van der Waals surface area contributed by atoms with Crippen LogP contribution in [0.3, 0.4) is 0 Å². The van der Waals surface area contributed by atoms with Crippen molar-refractivity contribution in [3.05, 3.63) is 66.0 Å². The number of likely N-dealkylation sites (N-methyl/N-ethyl adjacent to an activating group) is 1. The maximum atomic E-state index is 12.5. The summed E-state index contributed by atoms with van der Waals surface area (Å²) in [5.74, 6) is 0.275. The van der Waals surface area contributed by atoms with E-state index in [1.807, 2.05) is 22.9 Å². The number of hydrogen-bond acceptors (Lipinski definition) is 5. The first-order valence-corrected chi connectivity index (χ1v) is 12.1. The van der Waals surface area contributed by atoms with Gasteiger partial charge >= 0.3 is 0 Å². The average molecular weight is 450 g/mol. The highest BCUT2D eigenvalue weighted by atomic mass is 32.2. The van der Waals surface area contributed by atoms with Crippen LogP contribution in [0, 0.1) is 13.8 Å². The molecule has 1 saturated heterocycles. The summed E-state index contributed by atoms with van der Waals surface area (Å²) >= 11 is 1.44. The molecule has 1 aliphatic heterocycles. The number of rotatable bonds is 7. The second-order valence-electron chi connectivity index (χ2n) is 8.17. The molecule has 1 aliphatic rings. The molecule has 3 aromatic rings. The fourth-order valence-corrected chi connectivity index (χ4v) is 4.83. The molecule has 1 N–H and O–H groups in total. The van der Waals surface area contributed by atoms with E-state index in [1.165, 1.54) is 28.6 Å². The van der Waals surface area contributed by atoms with Gasteiger partial charge in [0.25, 0.3) is 0 Å². The molecular formula is C25H31N5OS. The Morgan fingerprint density at radius 3 is 2.50 bits per heavy atom. The predicted molar refractivity (Wildman–Crippen MR) is 133 cm³/mol. The van der Waals surface area contributed by atoms with E-state index >= 15 is 0 Å². The van der Waals surface area contributed by atoms with Gasteiger partial charge in [0, 0.05) is 49.9 Å². The predicted octanol–water partition coefficient (Wildman–Crippen LogP) is 4.36. The third-order valence-electron chi connectivity index (χ3n) is 5.89. The van der Waals surface area contributed by atoms with Crippen molar-refractivity contribution in [2.45, 2.75) is 25.9 Å². The number of nitrogens with one attached hydrogen (secondary N) is 1. The first-order valence-electron chi connectivity index (χ1n) is 11.1. The molecule has 7 heteroatoms. The quantitative estimate of drug-likeness (QED) is 0.543. The Bertz CT molecular complexity index is 1050. The topological polar surface area (TPSA) is 53.4 Å². The lowest BCUT2D eigenvalue weighted by Gasteiger charge is -2.35. The van der Waals surface area contributed by atoms with Crippen LogP contribution in [0.1, 0.15) is 18.1 Å². The number of amides is 1. The van der Waals surface area contributed by atoms with Gasteiger partial charge in [-0.1, -0.05) is 36.4 Å². The summed E-state index contributed by atoms with van der Waals surface area (Å²) in [5, 5.41) is 3.82. The Labute approximate surface area is 194 Å². The van der Waals surface area contributed by atoms with Gasteiger partial charge in [-0.2, -0.15) is 0 Å². The molecule has 2 heterocycles. The van der Waals surface area contributed by atoms with Gasteiger partial charge in [-0.15, -0.1) is 0 Å². The van der Waals surface area contributed by atoms with E-state index in [-0.39, 0.29) is 5.91 Å². The average Bonchev–Trinajstić information content (AvgIpc) is 3.27. The minimum atomic E-state index is -0.0329. The van der Waals surface area contributed by atoms with E-state index in [1.54, 1.807) is 6.20 Å². The normalized spacial score (nSPS) is 14.5. The lowest BCUT2D eigenvalue weighted by atomic mass is 10.1. The zero-order valence-electron chi connectivity index (χ0n) is 19.0. The Kier molecular flexibility index (Phi) is 7.17. The number of aryl methyl sites for hydroxylation is 2. The van der Waals surface area contributed by atoms with Crippen LogP contribution in [0.25, 0.3) is 5.69 Å². The van der Waals surface area contributed by atoms with Crippen LogP contribution in [-0.2, 0) is 4.79 Å². The lowest BCUT2D eigenvalue weighted by Crippen LogP contribution is -2.46. The van der Waals surface area contributed by atoms with E-state index in [4.69, 9.17) is 0 Å². The van der Waals surface area contributed by atoms with Crippen molar-refractivity contribution in [2.24, 2.45) is 0 Å². The van der Waals surface area contributed by atoms with E-state index in [0.29, 0.717) is 5.75 Å². The molecule has 0 saturated carbocycles. The highest BCUT2D eigenvalue weighted by Gasteiger charge is 2.16. The van der Waals surface area contributed by atoms with Crippen LogP contribution in [0.4, 0.5) is 11.4 Å². The smallest absolute Gasteiger partial charge is 0.234 e. The number of aromatic nitrogens is 2. The van der Waals surface area contributed by atoms with Crippen molar-refractivity contribution in [3.8, 4) is 5.69 Å². The Balaban J connectivity index is 1.32. The van der Waals surface area contributed by atoms with Gasteiger partial charge in [0.05, 0.1) is 11.4 Å². The van der Waals surface area contributed by atoms with E-state index < -0.39 is 0 Å². The minimum absolute atomic E-state index is 0.0329. The molecule has 1 fully saturated rings. The maximum Gasteiger partial charge on any atom is 0.234 e. The van der Waals surface area contributed by atoms with E-state index in [2.05, 4.69) is 71.2 Å². The highest BCUT2D eigenvalue weighted by molar-refractivity contribution is 7.99. The fourth-order valence-electron chi connectivity index (χ4n) is 4.06. The monoisotopic (exact) mass is 449 g/mol. The van der Waals surface area contributed by atoms with Crippen LogP contribution >= 0.6 is 11.8 Å². The molecule has 1 aromatic heterocycles. The molecule has 0 spiro atoms. The van der Waals surface area contributed by atoms with Gasteiger partial charge in [0.15, 0.2) is 5.16 Å². The van der Waals surface area contributed by atoms with Crippen molar-refractivity contribution in [3.63, 3.8) is 0 Å². The summed E-state index contributed by atoms with van der Waals surface area (Å²) < 4.78 is 2.04. The summed E-state index contributed by atoms with van der Waals surface area (Å²) in [6.07, 6.45) is 3.72. The summed E-state index contributed by atoms with van der Waals surface area (Å²) in [7, 11) is 0. The van der Waals surface area contributed by atoms with Crippen molar-refractivity contribution in [1.82, 2.24) is 14.5 Å². The molecule has 0 radical (unpaired) electrons. The largest absolute Gasteiger partial charge is 0.369 e. The number of carbonyl (C=O) groups excluding carboxylic acids is 1. The van der Waals surface area contributed by atoms with Crippen LogP contribution in [0.15, 0.2) is 60.0 Å². The number of benzene rings is 2. The summed E-state index contributed by atoms with van der Waals surface area (Å²) in [6.45, 7) is 11.8. The van der Waals surface area contributed by atoms with Gasteiger partial charge in [0.2, 0.25) is 5.91 Å². The van der Waals surface area contributed by atoms with Gasteiger partial charge in [0.1, 0.15) is 0 Å². The third-order valence-corrected chi connectivity index (χ3v) is 6.85. The SMILES string of the molecule is CCN1CCN(c2ccc(NC(=O)CSc3nccn3-c3ccc(C)cc3C)cc2)CC1. The highest BCUT2D eigenvalue weighted by Crippen LogP contribution is 2.24. The van der Waals surface area contributed by atoms with Crippen molar-refractivity contribution in [1.29, 1.82) is 0 Å². The number of hydrogen-bond donors (Lipinski definition) is 1. The lowest BCUT2D eigenvalue weighted by molar-refractivity contribution is -0.113. The molecule has 0 unspecified atom stereocenters. The van der Waals surface area contributed by atoms with E-state index in [0.717, 1.165) is 49.3 Å². The van der Waals surface area contributed by atoms with Crippen LogP contribution < -0.4 is 10.2 Å². The first kappa shape index (κ1) is 22.4. The summed E-state index contributed by atoms with van der Waals surface area (Å²) in [4.78, 5) is 21.9. The number of carbonyl (C=O) groups is 1. The van der Waals surface area contributed by atoms with Gasteiger partial charge in [-0.3, -0.25) is 9.36 Å². The van der Waals surface area contributed by atoms with Crippen molar-refractivity contribution < 1.29 is 4.79 Å². The number of anilines is 2. The first-order chi connectivity index (χ1) is 15.5. The fraction of sp³-hybridized carbons (Fsp3) is 0.360. The molecular weight excluding hydrogens is 418 g/mol. The van der Waals surface area contributed by atoms with Crippen LogP contribution in [0.2, 0.25) is 0 Å². The Hall–Kier alpha value is -2.77. The Morgan fingerprint density at radius 1 is 1.06 bits per heavy atom. The number of nitrogens with zero attached hydrogens (tertiary/aromatic N) is 4. The zero-order valence-corrected chi connectivity index (χ0v) is 19.9. The molecule has 168 valence electrons. The molecule has 32 heavy (non-hydrogen) atoms.